The van der Waals surface area contributed by atoms with E-state index in [2.05, 4.69) is 5.32 Å². The van der Waals surface area contributed by atoms with Gasteiger partial charge in [-0.15, -0.1) is 0 Å². The first-order valence-corrected chi connectivity index (χ1v) is 5.59. The van der Waals surface area contributed by atoms with E-state index in [0.717, 1.165) is 13.1 Å². The zero-order valence-electron chi connectivity index (χ0n) is 10.0. The van der Waals surface area contributed by atoms with Gasteiger partial charge in [-0.3, -0.25) is 9.59 Å². The summed E-state index contributed by atoms with van der Waals surface area (Å²) in [6, 6.07) is 0. The number of aliphatic carboxylic acids is 2. The number of nitrogens with two attached hydrogens (primary N) is 2. The lowest BCUT2D eigenvalue weighted by Crippen LogP contribution is -2.27. The van der Waals surface area contributed by atoms with Crippen LogP contribution in [0.1, 0.15) is 25.7 Å². The minimum absolute atomic E-state index is 0.0628. The maximum absolute atomic E-state index is 9.90. The zero-order chi connectivity index (χ0) is 13.5. The van der Waals surface area contributed by atoms with E-state index in [-0.39, 0.29) is 12.8 Å². The molecule has 0 bridgehead atoms. The molecule has 17 heavy (non-hydrogen) atoms. The van der Waals surface area contributed by atoms with Crippen LogP contribution >= 0.6 is 0 Å². The molecule has 0 spiro atoms. The van der Waals surface area contributed by atoms with Gasteiger partial charge in [0.15, 0.2) is 0 Å². The molecule has 0 saturated heterocycles. The summed E-state index contributed by atoms with van der Waals surface area (Å²) in [4.78, 5) is 19.8. The molecule has 0 atom stereocenters. The highest BCUT2D eigenvalue weighted by Crippen LogP contribution is 1.98. The fourth-order valence-corrected chi connectivity index (χ4v) is 0.882. The summed E-state index contributed by atoms with van der Waals surface area (Å²) in [5.41, 5.74) is 10.3. The second-order valence-electron chi connectivity index (χ2n) is 3.32. The predicted octanol–water partition coefficient (Wildman–Crippen LogP) is -0.791. The van der Waals surface area contributed by atoms with Crippen LogP contribution < -0.4 is 16.8 Å². The number of unbranched alkanes of at least 4 members (excludes halogenated alkanes) is 1. The van der Waals surface area contributed by atoms with Gasteiger partial charge in [0.25, 0.3) is 0 Å². The molecule has 0 aromatic heterocycles. The number of rotatable bonds is 9. The first-order valence-electron chi connectivity index (χ1n) is 5.59. The van der Waals surface area contributed by atoms with E-state index in [1.54, 1.807) is 0 Å². The van der Waals surface area contributed by atoms with Crippen LogP contribution in [0.15, 0.2) is 0 Å². The molecule has 0 aliphatic rings. The molecule has 0 unspecified atom stereocenters. The van der Waals surface area contributed by atoms with E-state index >= 15 is 0 Å². The van der Waals surface area contributed by atoms with Gasteiger partial charge < -0.3 is 27.0 Å². The molecular formula is C10H23N3O4. The second-order valence-corrected chi connectivity index (χ2v) is 3.32. The van der Waals surface area contributed by atoms with Crippen molar-refractivity contribution in [3.8, 4) is 0 Å². The predicted molar refractivity (Wildman–Crippen MR) is 64.7 cm³/mol. The van der Waals surface area contributed by atoms with Crippen LogP contribution in [0.25, 0.3) is 0 Å². The third-order valence-electron chi connectivity index (χ3n) is 1.67. The highest BCUT2D eigenvalue weighted by atomic mass is 16.4. The third-order valence-corrected chi connectivity index (χ3v) is 1.67. The molecule has 0 radical (unpaired) electrons. The van der Waals surface area contributed by atoms with Crippen molar-refractivity contribution < 1.29 is 19.8 Å². The van der Waals surface area contributed by atoms with Crippen LogP contribution in [-0.4, -0.2) is 48.3 Å². The first-order chi connectivity index (χ1) is 8.04. The maximum atomic E-state index is 9.90. The number of nitrogens with one attached hydrogen (secondary N) is 1. The number of carbonyl (C=O) groups is 2. The molecule has 102 valence electrons. The van der Waals surface area contributed by atoms with E-state index in [0.29, 0.717) is 25.9 Å². The van der Waals surface area contributed by atoms with Crippen molar-refractivity contribution in [2.24, 2.45) is 11.5 Å². The van der Waals surface area contributed by atoms with Gasteiger partial charge in [-0.25, -0.2) is 0 Å². The molecule has 0 fully saturated rings. The maximum Gasteiger partial charge on any atom is 0.303 e. The number of carboxylic acids is 2. The van der Waals surface area contributed by atoms with Crippen molar-refractivity contribution in [1.82, 2.24) is 5.32 Å². The average molecular weight is 249 g/mol. The molecule has 7 heteroatoms. The highest BCUT2D eigenvalue weighted by molar-refractivity contribution is 5.67. The SMILES string of the molecule is NCCNCCN.O=C(O)CCCCC(=O)O. The summed E-state index contributed by atoms with van der Waals surface area (Å²) in [5, 5.41) is 19.3. The molecule has 0 saturated carbocycles. The lowest BCUT2D eigenvalue weighted by molar-refractivity contribution is -0.139. The Kier molecular flexibility index (Phi) is 15.9. The fourth-order valence-electron chi connectivity index (χ4n) is 0.882. The Morgan fingerprint density at radius 2 is 1.24 bits per heavy atom. The van der Waals surface area contributed by atoms with E-state index in [4.69, 9.17) is 21.7 Å². The van der Waals surface area contributed by atoms with Gasteiger partial charge in [0.2, 0.25) is 0 Å². The smallest absolute Gasteiger partial charge is 0.303 e. The Morgan fingerprint density at radius 3 is 1.47 bits per heavy atom. The lowest BCUT2D eigenvalue weighted by Gasteiger charge is -1.95. The average Bonchev–Trinajstić information content (AvgIpc) is 2.26. The molecule has 7 N–H and O–H groups in total. The topological polar surface area (TPSA) is 139 Å². The molecule has 0 rings (SSSR count). The number of hydrogen-bond donors (Lipinski definition) is 5. The molecule has 0 aliphatic carbocycles. The van der Waals surface area contributed by atoms with Crippen LogP contribution in [0.3, 0.4) is 0 Å². The molecular weight excluding hydrogens is 226 g/mol. The Balaban J connectivity index is 0. The van der Waals surface area contributed by atoms with Gasteiger partial charge in [0.1, 0.15) is 0 Å². The van der Waals surface area contributed by atoms with E-state index < -0.39 is 11.9 Å². The van der Waals surface area contributed by atoms with Gasteiger partial charge >= 0.3 is 11.9 Å². The Labute approximate surface area is 101 Å². The summed E-state index contributed by atoms with van der Waals surface area (Å²) in [7, 11) is 0. The van der Waals surface area contributed by atoms with Crippen LogP contribution in [0.4, 0.5) is 0 Å². The Hall–Kier alpha value is -1.18. The van der Waals surface area contributed by atoms with E-state index in [9.17, 15) is 9.59 Å². The van der Waals surface area contributed by atoms with E-state index in [1.807, 2.05) is 0 Å². The van der Waals surface area contributed by atoms with Crippen LogP contribution in [0.2, 0.25) is 0 Å². The summed E-state index contributed by atoms with van der Waals surface area (Å²) < 4.78 is 0. The van der Waals surface area contributed by atoms with Gasteiger partial charge in [-0.2, -0.15) is 0 Å². The lowest BCUT2D eigenvalue weighted by atomic mass is 10.2. The molecule has 0 amide bonds. The van der Waals surface area contributed by atoms with Gasteiger partial charge in [0.05, 0.1) is 0 Å². The molecule has 7 nitrogen and oxygen atoms in total. The summed E-state index contributed by atoms with van der Waals surface area (Å²) >= 11 is 0. The van der Waals surface area contributed by atoms with Gasteiger partial charge in [-0.05, 0) is 12.8 Å². The quantitative estimate of drug-likeness (QED) is 0.337. The van der Waals surface area contributed by atoms with Crippen LogP contribution in [0.5, 0.6) is 0 Å². The van der Waals surface area contributed by atoms with Crippen LogP contribution in [0, 0.1) is 0 Å². The molecule has 0 aromatic rings. The third kappa shape index (κ3) is 25.3. The van der Waals surface area contributed by atoms with Crippen molar-refractivity contribution in [1.29, 1.82) is 0 Å². The zero-order valence-corrected chi connectivity index (χ0v) is 10.0. The summed E-state index contributed by atoms with van der Waals surface area (Å²) in [6.07, 6.45) is 1.02. The van der Waals surface area contributed by atoms with E-state index in [1.165, 1.54) is 0 Å². The van der Waals surface area contributed by atoms with Crippen molar-refractivity contribution >= 4 is 11.9 Å². The van der Waals surface area contributed by atoms with Gasteiger partial charge in [-0.1, -0.05) is 0 Å². The van der Waals surface area contributed by atoms with Crippen molar-refractivity contribution in [2.75, 3.05) is 26.2 Å². The largest absolute Gasteiger partial charge is 0.481 e. The number of hydrogen-bond acceptors (Lipinski definition) is 5. The molecule has 0 heterocycles. The monoisotopic (exact) mass is 249 g/mol. The molecule has 0 aliphatic heterocycles. The summed E-state index contributed by atoms with van der Waals surface area (Å²) in [6.45, 7) is 3.13. The highest BCUT2D eigenvalue weighted by Gasteiger charge is 1.99. The minimum atomic E-state index is -0.870. The number of carboxylic acid groups (broad SMARTS) is 2. The Bertz CT molecular complexity index is 180. The standard InChI is InChI=1S/C6H10O4.C4H13N3/c7-5(8)3-1-2-4-6(9)10;5-1-3-7-4-2-6/h1-4H2,(H,7,8)(H,9,10);7H,1-6H2. The van der Waals surface area contributed by atoms with Crippen LogP contribution in [-0.2, 0) is 9.59 Å². The first kappa shape index (κ1) is 18.2. The van der Waals surface area contributed by atoms with Gasteiger partial charge in [0, 0.05) is 39.0 Å². The normalized spacial score (nSPS) is 9.29. The van der Waals surface area contributed by atoms with Crippen molar-refractivity contribution in [3.05, 3.63) is 0 Å². The second kappa shape index (κ2) is 14.8. The minimum Gasteiger partial charge on any atom is -0.481 e. The molecule has 0 aromatic carbocycles. The van der Waals surface area contributed by atoms with Crippen molar-refractivity contribution in [2.45, 2.75) is 25.7 Å². The Morgan fingerprint density at radius 1 is 0.882 bits per heavy atom. The fraction of sp³-hybridized carbons (Fsp3) is 0.800. The van der Waals surface area contributed by atoms with Crippen molar-refractivity contribution in [3.63, 3.8) is 0 Å². The summed E-state index contributed by atoms with van der Waals surface area (Å²) in [5.74, 6) is -1.74.